The fraction of sp³-hybridized carbons (Fsp3) is 0.800. The van der Waals surface area contributed by atoms with Crippen molar-refractivity contribution in [2.45, 2.75) is 46.4 Å². The van der Waals surface area contributed by atoms with E-state index < -0.39 is 18.8 Å². The number of carbonyl (C=O) groups is 2. The molecule has 94 valence electrons. The van der Waals surface area contributed by atoms with Gasteiger partial charge < -0.3 is 10.2 Å². The Balaban J connectivity index is 4.64. The number of carboxylic acids is 2. The van der Waals surface area contributed by atoms with Gasteiger partial charge in [-0.05, 0) is 25.7 Å². The molecule has 0 bridgehead atoms. The molecule has 0 amide bonds. The average Bonchev–Trinajstić information content (AvgIpc) is 2.24. The summed E-state index contributed by atoms with van der Waals surface area (Å²) >= 11 is 3.83. The van der Waals surface area contributed by atoms with Crippen molar-refractivity contribution in [2.75, 3.05) is 0 Å². The van der Waals surface area contributed by atoms with E-state index in [1.54, 1.807) is 0 Å². The second kappa shape index (κ2) is 6.36. The van der Waals surface area contributed by atoms with E-state index in [0.29, 0.717) is 25.7 Å². The highest BCUT2D eigenvalue weighted by atomic mass is 127. The van der Waals surface area contributed by atoms with Crippen molar-refractivity contribution in [1.82, 2.24) is 0 Å². The van der Waals surface area contributed by atoms with Crippen LogP contribution in [0.15, 0.2) is 0 Å². The smallest absolute Gasteiger partial charge is 0.319 e. The van der Waals surface area contributed by atoms with Crippen LogP contribution in [0.4, 0.5) is 0 Å². The Morgan fingerprint density at radius 3 is 1.31 bits per heavy atom. The van der Waals surface area contributed by atoms with Crippen LogP contribution in [0.25, 0.3) is 0 Å². The van der Waals surface area contributed by atoms with Crippen LogP contribution in [0.5, 0.6) is 0 Å². The minimum absolute atomic E-state index is 0.377. The third kappa shape index (κ3) is 4.01. The van der Waals surface area contributed by atoms with E-state index in [-0.39, 0.29) is 0 Å². The first-order valence-electron chi connectivity index (χ1n) is 5.06. The minimum atomic E-state index is -0.865. The highest BCUT2D eigenvalue weighted by Gasteiger charge is 2.40. The molecule has 0 aliphatic rings. The van der Waals surface area contributed by atoms with Gasteiger partial charge in [-0.15, -0.1) is 0 Å². The molecule has 0 fully saturated rings. The molecule has 0 spiro atoms. The van der Waals surface area contributed by atoms with Crippen LogP contribution >= 0.6 is 45.2 Å². The van der Waals surface area contributed by atoms with Gasteiger partial charge in [-0.2, -0.15) is 0 Å². The van der Waals surface area contributed by atoms with Crippen molar-refractivity contribution in [2.24, 2.45) is 0 Å². The lowest BCUT2D eigenvalue weighted by atomic mass is 9.92. The molecule has 0 heterocycles. The summed E-state index contributed by atoms with van der Waals surface area (Å²) < 4.78 is -1.70. The number of rotatable bonds is 7. The third-order valence-corrected chi connectivity index (χ3v) is 6.33. The Labute approximate surface area is 122 Å². The molecular weight excluding hydrogens is 438 g/mol. The predicted octanol–water partition coefficient (Wildman–Crippen LogP) is 3.10. The molecular formula is C10H16I2O4. The van der Waals surface area contributed by atoms with Gasteiger partial charge in [0, 0.05) is 0 Å². The minimum Gasteiger partial charge on any atom is -0.480 e. The van der Waals surface area contributed by atoms with Crippen LogP contribution in [-0.2, 0) is 9.59 Å². The van der Waals surface area contributed by atoms with Crippen molar-refractivity contribution < 1.29 is 19.8 Å². The lowest BCUT2D eigenvalue weighted by molar-refractivity contribution is -0.142. The van der Waals surface area contributed by atoms with Crippen LogP contribution in [0, 0.1) is 0 Å². The normalized spacial score (nSPS) is 18.5. The van der Waals surface area contributed by atoms with Gasteiger partial charge in [0.05, 0.1) is 0 Å². The van der Waals surface area contributed by atoms with E-state index in [0.717, 1.165) is 0 Å². The summed E-state index contributed by atoms with van der Waals surface area (Å²) in [6.45, 7) is 3.62. The molecule has 0 aliphatic carbocycles. The summed E-state index contributed by atoms with van der Waals surface area (Å²) in [6.07, 6.45) is 1.75. The van der Waals surface area contributed by atoms with E-state index in [1.165, 1.54) is 0 Å². The van der Waals surface area contributed by atoms with Gasteiger partial charge in [0.2, 0.25) is 0 Å². The summed E-state index contributed by atoms with van der Waals surface area (Å²) in [5.74, 6) is -1.73. The molecule has 0 rings (SSSR count). The zero-order valence-electron chi connectivity index (χ0n) is 9.30. The maximum atomic E-state index is 11.1. The maximum absolute atomic E-state index is 11.1. The summed E-state index contributed by atoms with van der Waals surface area (Å²) in [5.41, 5.74) is 0. The monoisotopic (exact) mass is 454 g/mol. The largest absolute Gasteiger partial charge is 0.480 e. The summed E-state index contributed by atoms with van der Waals surface area (Å²) in [5, 5.41) is 18.2. The topological polar surface area (TPSA) is 74.6 Å². The summed E-state index contributed by atoms with van der Waals surface area (Å²) in [7, 11) is 0. The molecule has 0 aromatic rings. The van der Waals surface area contributed by atoms with E-state index >= 15 is 0 Å². The first kappa shape index (κ1) is 16.4. The van der Waals surface area contributed by atoms with E-state index in [4.69, 9.17) is 10.2 Å². The number of hydrogen-bond acceptors (Lipinski definition) is 2. The van der Waals surface area contributed by atoms with Gasteiger partial charge in [-0.3, -0.25) is 9.59 Å². The van der Waals surface area contributed by atoms with Gasteiger partial charge >= 0.3 is 11.9 Å². The van der Waals surface area contributed by atoms with Gasteiger partial charge in [0.25, 0.3) is 0 Å². The van der Waals surface area contributed by atoms with Crippen LogP contribution in [-0.4, -0.2) is 29.0 Å². The number of alkyl halides is 2. The van der Waals surface area contributed by atoms with Crippen LogP contribution in [0.3, 0.4) is 0 Å². The number of aliphatic carboxylic acids is 2. The Bertz CT molecular complexity index is 254. The molecule has 2 unspecified atom stereocenters. The molecule has 0 saturated carbocycles. The highest BCUT2D eigenvalue weighted by Crippen LogP contribution is 2.36. The van der Waals surface area contributed by atoms with Crippen molar-refractivity contribution >= 4 is 57.1 Å². The molecule has 0 saturated heterocycles. The molecule has 0 aromatic carbocycles. The van der Waals surface area contributed by atoms with Gasteiger partial charge in [0.1, 0.15) is 6.84 Å². The predicted molar refractivity (Wildman–Crippen MR) is 78.6 cm³/mol. The standard InChI is InChI=1S/C10H16I2O4/c1-3-9(11,7(13)14)5-6-10(12,4-2)8(15)16/h3-6H2,1-2H3,(H,13,14)(H,15,16). The van der Waals surface area contributed by atoms with Gasteiger partial charge in [-0.1, -0.05) is 59.0 Å². The van der Waals surface area contributed by atoms with Crippen LogP contribution < -0.4 is 0 Å². The van der Waals surface area contributed by atoms with Crippen molar-refractivity contribution in [3.63, 3.8) is 0 Å². The average molecular weight is 454 g/mol. The Morgan fingerprint density at radius 2 is 1.19 bits per heavy atom. The first-order chi connectivity index (χ1) is 7.22. The lowest BCUT2D eigenvalue weighted by Crippen LogP contribution is -2.37. The number of halogens is 2. The van der Waals surface area contributed by atoms with Crippen molar-refractivity contribution in [1.29, 1.82) is 0 Å². The summed E-state index contributed by atoms with van der Waals surface area (Å²) in [4.78, 5) is 22.1. The molecule has 2 N–H and O–H groups in total. The SMILES string of the molecule is CCC(I)(CCC(I)(CC)C(=O)O)C(=O)O. The number of hydrogen-bond donors (Lipinski definition) is 2. The van der Waals surface area contributed by atoms with Crippen molar-refractivity contribution in [3.05, 3.63) is 0 Å². The molecule has 6 heteroatoms. The maximum Gasteiger partial charge on any atom is 0.319 e. The van der Waals surface area contributed by atoms with Crippen molar-refractivity contribution in [3.8, 4) is 0 Å². The van der Waals surface area contributed by atoms with Gasteiger partial charge in [0.15, 0.2) is 0 Å². The molecule has 0 aromatic heterocycles. The highest BCUT2D eigenvalue weighted by molar-refractivity contribution is 14.1. The zero-order chi connectivity index (χ0) is 13.0. The second-order valence-corrected chi connectivity index (χ2v) is 7.88. The Kier molecular flexibility index (Phi) is 6.52. The molecule has 0 radical (unpaired) electrons. The fourth-order valence-electron chi connectivity index (χ4n) is 1.27. The summed E-state index contributed by atoms with van der Waals surface area (Å²) in [6, 6.07) is 0. The zero-order valence-corrected chi connectivity index (χ0v) is 13.6. The second-order valence-electron chi connectivity index (χ2n) is 3.75. The van der Waals surface area contributed by atoms with Crippen LogP contribution in [0.1, 0.15) is 39.5 Å². The lowest BCUT2D eigenvalue weighted by Gasteiger charge is -2.26. The third-order valence-electron chi connectivity index (χ3n) is 2.80. The quantitative estimate of drug-likeness (QED) is 0.459. The van der Waals surface area contributed by atoms with Gasteiger partial charge in [-0.25, -0.2) is 0 Å². The molecule has 16 heavy (non-hydrogen) atoms. The Morgan fingerprint density at radius 1 is 0.938 bits per heavy atom. The van der Waals surface area contributed by atoms with E-state index in [9.17, 15) is 9.59 Å². The first-order valence-corrected chi connectivity index (χ1v) is 7.22. The number of carboxylic acid groups (broad SMARTS) is 2. The van der Waals surface area contributed by atoms with E-state index in [2.05, 4.69) is 0 Å². The Hall–Kier alpha value is 0.400. The van der Waals surface area contributed by atoms with Crippen LogP contribution in [0.2, 0.25) is 0 Å². The van der Waals surface area contributed by atoms with E-state index in [1.807, 2.05) is 59.0 Å². The molecule has 2 atom stereocenters. The fourth-order valence-corrected chi connectivity index (χ4v) is 1.81. The molecule has 4 nitrogen and oxygen atoms in total. The molecule has 0 aliphatic heterocycles.